The zero-order valence-electron chi connectivity index (χ0n) is 11.9. The molecule has 0 saturated carbocycles. The Bertz CT molecular complexity index is 587. The molecule has 0 heterocycles. The van der Waals surface area contributed by atoms with E-state index in [0.717, 1.165) is 24.9 Å². The van der Waals surface area contributed by atoms with E-state index in [1.165, 1.54) is 11.6 Å². The number of aryl methyl sites for hydroxylation is 1. The summed E-state index contributed by atoms with van der Waals surface area (Å²) in [5.41, 5.74) is 1.99. The highest BCUT2D eigenvalue weighted by molar-refractivity contribution is 9.10. The highest BCUT2D eigenvalue weighted by atomic mass is 79.9. The van der Waals surface area contributed by atoms with Crippen molar-refractivity contribution in [1.29, 1.82) is 0 Å². The van der Waals surface area contributed by atoms with Crippen LogP contribution in [-0.2, 0) is 6.42 Å². The lowest BCUT2D eigenvalue weighted by atomic mass is 9.98. The van der Waals surface area contributed by atoms with Crippen LogP contribution in [0.2, 0.25) is 0 Å². The lowest BCUT2D eigenvalue weighted by molar-refractivity contribution is 0.482. The second kappa shape index (κ2) is 7.66. The minimum atomic E-state index is -0.830. The van der Waals surface area contributed by atoms with E-state index in [4.69, 9.17) is 0 Å². The quantitative estimate of drug-likeness (QED) is 0.719. The minimum absolute atomic E-state index is 0.0142. The SMILES string of the molecule is CCNC(CCc1ccccc1)c1ccc(F)c(F)c1Br. The number of hydrogen-bond acceptors (Lipinski definition) is 1. The van der Waals surface area contributed by atoms with Crippen molar-refractivity contribution in [1.82, 2.24) is 5.32 Å². The molecule has 0 bridgehead atoms. The largest absolute Gasteiger partial charge is 0.310 e. The molecule has 21 heavy (non-hydrogen) atoms. The summed E-state index contributed by atoms with van der Waals surface area (Å²) < 4.78 is 27.1. The molecule has 0 radical (unpaired) electrons. The van der Waals surface area contributed by atoms with E-state index >= 15 is 0 Å². The van der Waals surface area contributed by atoms with Gasteiger partial charge in [0.1, 0.15) is 0 Å². The van der Waals surface area contributed by atoms with Crippen LogP contribution in [0.3, 0.4) is 0 Å². The Morgan fingerprint density at radius 1 is 1.10 bits per heavy atom. The van der Waals surface area contributed by atoms with Crippen molar-refractivity contribution in [3.63, 3.8) is 0 Å². The molecule has 0 aliphatic carbocycles. The second-order valence-corrected chi connectivity index (χ2v) is 5.69. The molecular formula is C17H18BrF2N. The van der Waals surface area contributed by atoms with Crippen molar-refractivity contribution in [2.24, 2.45) is 0 Å². The average molecular weight is 354 g/mol. The Balaban J connectivity index is 2.17. The van der Waals surface area contributed by atoms with Gasteiger partial charge in [0, 0.05) is 6.04 Å². The van der Waals surface area contributed by atoms with Crippen LogP contribution in [0.4, 0.5) is 8.78 Å². The molecule has 2 aromatic rings. The van der Waals surface area contributed by atoms with Gasteiger partial charge in [-0.2, -0.15) is 0 Å². The average Bonchev–Trinajstić information content (AvgIpc) is 2.51. The summed E-state index contributed by atoms with van der Waals surface area (Å²) in [6.07, 6.45) is 1.70. The standard InChI is InChI=1S/C17H18BrF2N/c1-2-21-15(11-8-12-6-4-3-5-7-12)13-9-10-14(19)17(20)16(13)18/h3-7,9-10,15,21H,2,8,11H2,1H3. The maximum absolute atomic E-state index is 13.7. The van der Waals surface area contributed by atoms with Crippen LogP contribution in [0.15, 0.2) is 46.9 Å². The molecule has 0 saturated heterocycles. The molecule has 0 amide bonds. The van der Waals surface area contributed by atoms with Crippen molar-refractivity contribution >= 4 is 15.9 Å². The van der Waals surface area contributed by atoms with Crippen LogP contribution in [0.25, 0.3) is 0 Å². The molecule has 2 aromatic carbocycles. The van der Waals surface area contributed by atoms with Gasteiger partial charge in [-0.3, -0.25) is 0 Å². The van der Waals surface area contributed by atoms with Crippen LogP contribution < -0.4 is 5.32 Å². The minimum Gasteiger partial charge on any atom is -0.310 e. The fourth-order valence-electron chi connectivity index (χ4n) is 2.38. The smallest absolute Gasteiger partial charge is 0.173 e. The first kappa shape index (κ1) is 16.1. The number of benzene rings is 2. The molecular weight excluding hydrogens is 336 g/mol. The summed E-state index contributed by atoms with van der Waals surface area (Å²) in [6.45, 7) is 2.77. The van der Waals surface area contributed by atoms with Gasteiger partial charge >= 0.3 is 0 Å². The van der Waals surface area contributed by atoms with Crippen molar-refractivity contribution < 1.29 is 8.78 Å². The van der Waals surface area contributed by atoms with Crippen LogP contribution in [0.5, 0.6) is 0 Å². The first-order valence-corrected chi connectivity index (χ1v) is 7.83. The summed E-state index contributed by atoms with van der Waals surface area (Å²) in [5.74, 6) is -1.65. The van der Waals surface area contributed by atoms with Gasteiger partial charge in [-0.05, 0) is 52.5 Å². The van der Waals surface area contributed by atoms with Crippen molar-refractivity contribution in [3.8, 4) is 0 Å². The van der Waals surface area contributed by atoms with Gasteiger partial charge in [-0.1, -0.05) is 43.3 Å². The van der Waals surface area contributed by atoms with Crippen LogP contribution in [-0.4, -0.2) is 6.54 Å². The predicted molar refractivity (Wildman–Crippen MR) is 85.2 cm³/mol. The number of nitrogens with one attached hydrogen (secondary N) is 1. The number of halogens is 3. The summed E-state index contributed by atoms with van der Waals surface area (Å²) in [5, 5.41) is 3.34. The first-order valence-electron chi connectivity index (χ1n) is 7.04. The zero-order chi connectivity index (χ0) is 15.2. The Labute approximate surface area is 132 Å². The normalized spacial score (nSPS) is 12.4. The Morgan fingerprint density at radius 3 is 2.48 bits per heavy atom. The molecule has 0 aromatic heterocycles. The molecule has 0 spiro atoms. The zero-order valence-corrected chi connectivity index (χ0v) is 13.5. The van der Waals surface area contributed by atoms with Gasteiger partial charge in [0.2, 0.25) is 0 Å². The molecule has 4 heteroatoms. The van der Waals surface area contributed by atoms with Crippen molar-refractivity contribution in [3.05, 3.63) is 69.7 Å². The van der Waals surface area contributed by atoms with Crippen LogP contribution in [0.1, 0.15) is 30.5 Å². The molecule has 1 unspecified atom stereocenters. The number of rotatable bonds is 6. The van der Waals surface area contributed by atoms with E-state index in [0.29, 0.717) is 0 Å². The third-order valence-electron chi connectivity index (χ3n) is 3.46. The van der Waals surface area contributed by atoms with Gasteiger partial charge in [0.05, 0.1) is 4.47 Å². The number of hydrogen-bond donors (Lipinski definition) is 1. The highest BCUT2D eigenvalue weighted by Gasteiger charge is 2.18. The van der Waals surface area contributed by atoms with Crippen molar-refractivity contribution in [2.75, 3.05) is 6.54 Å². The topological polar surface area (TPSA) is 12.0 Å². The fourth-order valence-corrected chi connectivity index (χ4v) is 2.98. The lowest BCUT2D eigenvalue weighted by Gasteiger charge is -2.20. The van der Waals surface area contributed by atoms with Crippen LogP contribution in [0, 0.1) is 11.6 Å². The maximum atomic E-state index is 13.7. The Hall–Kier alpha value is -1.26. The van der Waals surface area contributed by atoms with Crippen molar-refractivity contribution in [2.45, 2.75) is 25.8 Å². The van der Waals surface area contributed by atoms with E-state index in [-0.39, 0.29) is 10.5 Å². The monoisotopic (exact) mass is 353 g/mol. The summed E-state index contributed by atoms with van der Waals surface area (Å²) in [4.78, 5) is 0. The Kier molecular flexibility index (Phi) is 5.88. The van der Waals surface area contributed by atoms with E-state index in [2.05, 4.69) is 33.4 Å². The second-order valence-electron chi connectivity index (χ2n) is 4.90. The van der Waals surface area contributed by atoms with E-state index < -0.39 is 11.6 Å². The predicted octanol–water partition coefficient (Wildman–Crippen LogP) is 5.01. The molecule has 0 aliphatic rings. The summed E-state index contributed by atoms with van der Waals surface area (Å²) in [7, 11) is 0. The van der Waals surface area contributed by atoms with E-state index in [9.17, 15) is 8.78 Å². The fraction of sp³-hybridized carbons (Fsp3) is 0.294. The molecule has 1 nitrogen and oxygen atoms in total. The third-order valence-corrected chi connectivity index (χ3v) is 4.26. The maximum Gasteiger partial charge on any atom is 0.173 e. The van der Waals surface area contributed by atoms with Gasteiger partial charge in [0.25, 0.3) is 0 Å². The highest BCUT2D eigenvalue weighted by Crippen LogP contribution is 2.30. The molecule has 112 valence electrons. The molecule has 1 atom stereocenters. The van der Waals surface area contributed by atoms with Gasteiger partial charge in [0.15, 0.2) is 11.6 Å². The molecule has 1 N–H and O–H groups in total. The summed E-state index contributed by atoms with van der Waals surface area (Å²) >= 11 is 3.17. The van der Waals surface area contributed by atoms with Gasteiger partial charge in [-0.15, -0.1) is 0 Å². The summed E-state index contributed by atoms with van der Waals surface area (Å²) in [6, 6.07) is 12.9. The van der Waals surface area contributed by atoms with E-state index in [1.807, 2.05) is 25.1 Å². The van der Waals surface area contributed by atoms with E-state index in [1.54, 1.807) is 6.07 Å². The lowest BCUT2D eigenvalue weighted by Crippen LogP contribution is -2.22. The van der Waals surface area contributed by atoms with Gasteiger partial charge < -0.3 is 5.32 Å². The molecule has 2 rings (SSSR count). The molecule has 0 fully saturated rings. The third kappa shape index (κ3) is 4.11. The van der Waals surface area contributed by atoms with Crippen LogP contribution >= 0.6 is 15.9 Å². The Morgan fingerprint density at radius 2 is 1.81 bits per heavy atom. The van der Waals surface area contributed by atoms with Gasteiger partial charge in [-0.25, -0.2) is 8.78 Å². The first-order chi connectivity index (χ1) is 10.1. The molecule has 0 aliphatic heterocycles.